The van der Waals surface area contributed by atoms with Gasteiger partial charge in [-0.15, -0.1) is 0 Å². The van der Waals surface area contributed by atoms with Crippen molar-refractivity contribution in [3.8, 4) is 0 Å². The summed E-state index contributed by atoms with van der Waals surface area (Å²) < 4.78 is 20.2. The Balaban J connectivity index is 1.43. The molecular formula is C17H20BrFN6O. The van der Waals surface area contributed by atoms with E-state index in [0.29, 0.717) is 36.6 Å². The van der Waals surface area contributed by atoms with Crippen molar-refractivity contribution in [3.63, 3.8) is 0 Å². The van der Waals surface area contributed by atoms with E-state index >= 15 is 0 Å². The van der Waals surface area contributed by atoms with E-state index in [9.17, 15) is 4.39 Å². The highest BCUT2D eigenvalue weighted by atomic mass is 79.9. The summed E-state index contributed by atoms with van der Waals surface area (Å²) in [5, 5.41) is 0. The van der Waals surface area contributed by atoms with Crippen LogP contribution in [-0.4, -0.2) is 67.4 Å². The van der Waals surface area contributed by atoms with Crippen LogP contribution in [0.15, 0.2) is 29.0 Å². The standard InChI is InChI=1S/C17H20BrFN6O/c18-13-11-14(19)16(21-12-13)24-5-3-23(4-6-24)15-1-2-20-17(22-15)25-7-9-26-10-8-25/h1-2,11-12H,3-10H2. The molecule has 0 atom stereocenters. The predicted octanol–water partition coefficient (Wildman–Crippen LogP) is 1.94. The number of piperazine rings is 1. The van der Waals surface area contributed by atoms with Gasteiger partial charge in [0.05, 0.1) is 13.2 Å². The summed E-state index contributed by atoms with van der Waals surface area (Å²) in [5.74, 6) is 1.76. The van der Waals surface area contributed by atoms with Crippen LogP contribution in [0.2, 0.25) is 0 Å². The first-order valence-electron chi connectivity index (χ1n) is 8.67. The number of hydrogen-bond acceptors (Lipinski definition) is 7. The normalized spacial score (nSPS) is 18.3. The van der Waals surface area contributed by atoms with Crippen molar-refractivity contribution in [2.45, 2.75) is 0 Å². The van der Waals surface area contributed by atoms with Crippen molar-refractivity contribution >= 4 is 33.5 Å². The van der Waals surface area contributed by atoms with Crippen LogP contribution < -0.4 is 14.7 Å². The van der Waals surface area contributed by atoms with E-state index in [1.807, 2.05) is 11.0 Å². The maximum Gasteiger partial charge on any atom is 0.227 e. The third-order valence-electron chi connectivity index (χ3n) is 4.61. The number of halogens is 2. The molecule has 2 aliphatic rings. The zero-order valence-corrected chi connectivity index (χ0v) is 15.9. The van der Waals surface area contributed by atoms with Crippen molar-refractivity contribution in [1.29, 1.82) is 0 Å². The molecule has 0 unspecified atom stereocenters. The zero-order valence-electron chi connectivity index (χ0n) is 14.3. The summed E-state index contributed by atoms with van der Waals surface area (Å²) >= 11 is 3.24. The minimum Gasteiger partial charge on any atom is -0.378 e. The molecule has 4 rings (SSSR count). The van der Waals surface area contributed by atoms with E-state index in [4.69, 9.17) is 9.72 Å². The minimum absolute atomic E-state index is 0.301. The highest BCUT2D eigenvalue weighted by Crippen LogP contribution is 2.23. The van der Waals surface area contributed by atoms with Crippen LogP contribution in [0, 0.1) is 5.82 Å². The minimum atomic E-state index is -0.301. The molecule has 26 heavy (non-hydrogen) atoms. The average Bonchev–Trinajstić information content (AvgIpc) is 2.69. The summed E-state index contributed by atoms with van der Waals surface area (Å²) in [5.41, 5.74) is 0. The Hall–Kier alpha value is -2.00. The van der Waals surface area contributed by atoms with Gasteiger partial charge < -0.3 is 19.4 Å². The fourth-order valence-corrected chi connectivity index (χ4v) is 3.52. The Morgan fingerprint density at radius 3 is 2.42 bits per heavy atom. The molecule has 2 fully saturated rings. The van der Waals surface area contributed by atoms with Gasteiger partial charge in [-0.05, 0) is 28.1 Å². The van der Waals surface area contributed by atoms with Crippen LogP contribution in [0.4, 0.5) is 22.0 Å². The van der Waals surface area contributed by atoms with Gasteiger partial charge in [0.1, 0.15) is 5.82 Å². The summed E-state index contributed by atoms with van der Waals surface area (Å²) in [6.07, 6.45) is 3.43. The van der Waals surface area contributed by atoms with Gasteiger partial charge in [-0.25, -0.2) is 14.4 Å². The molecule has 9 heteroatoms. The molecule has 2 saturated heterocycles. The van der Waals surface area contributed by atoms with Crippen LogP contribution in [0.1, 0.15) is 0 Å². The number of rotatable bonds is 3. The van der Waals surface area contributed by atoms with Gasteiger partial charge in [-0.3, -0.25) is 0 Å². The Labute approximate surface area is 159 Å². The lowest BCUT2D eigenvalue weighted by Gasteiger charge is -2.36. The lowest BCUT2D eigenvalue weighted by Crippen LogP contribution is -2.47. The van der Waals surface area contributed by atoms with Gasteiger partial charge in [-0.1, -0.05) is 0 Å². The summed E-state index contributed by atoms with van der Waals surface area (Å²) in [7, 11) is 0. The number of morpholine rings is 1. The van der Waals surface area contributed by atoms with Crippen LogP contribution in [0.25, 0.3) is 0 Å². The molecule has 7 nitrogen and oxygen atoms in total. The molecule has 0 spiro atoms. The molecule has 0 radical (unpaired) electrons. The lowest BCUT2D eigenvalue weighted by atomic mass is 10.3. The Morgan fingerprint density at radius 1 is 0.962 bits per heavy atom. The van der Waals surface area contributed by atoms with Crippen molar-refractivity contribution in [2.75, 3.05) is 67.2 Å². The molecule has 138 valence electrons. The first kappa shape index (κ1) is 17.4. The maximum atomic E-state index is 14.1. The quantitative estimate of drug-likeness (QED) is 0.748. The first-order chi connectivity index (χ1) is 12.7. The molecule has 0 saturated carbocycles. The van der Waals surface area contributed by atoms with Gasteiger partial charge in [-0.2, -0.15) is 4.98 Å². The molecule has 2 aromatic heterocycles. The summed E-state index contributed by atoms with van der Waals surface area (Å²) in [4.78, 5) is 19.7. The van der Waals surface area contributed by atoms with E-state index in [1.54, 1.807) is 12.4 Å². The Morgan fingerprint density at radius 2 is 1.69 bits per heavy atom. The smallest absolute Gasteiger partial charge is 0.227 e. The number of ether oxygens (including phenoxy) is 1. The number of aromatic nitrogens is 3. The largest absolute Gasteiger partial charge is 0.378 e. The molecule has 0 aromatic carbocycles. The topological polar surface area (TPSA) is 57.6 Å². The Kier molecular flexibility index (Phi) is 5.16. The molecule has 4 heterocycles. The lowest BCUT2D eigenvalue weighted by molar-refractivity contribution is 0.122. The highest BCUT2D eigenvalue weighted by molar-refractivity contribution is 9.10. The zero-order chi connectivity index (χ0) is 17.9. The fourth-order valence-electron chi connectivity index (χ4n) is 3.22. The Bertz CT molecular complexity index is 765. The van der Waals surface area contributed by atoms with E-state index in [0.717, 1.165) is 37.9 Å². The van der Waals surface area contributed by atoms with Crippen molar-refractivity contribution < 1.29 is 9.13 Å². The van der Waals surface area contributed by atoms with E-state index in [1.165, 1.54) is 6.07 Å². The third kappa shape index (κ3) is 3.73. The number of hydrogen-bond donors (Lipinski definition) is 0. The third-order valence-corrected chi connectivity index (χ3v) is 5.05. The van der Waals surface area contributed by atoms with Gasteiger partial charge >= 0.3 is 0 Å². The highest BCUT2D eigenvalue weighted by Gasteiger charge is 2.22. The van der Waals surface area contributed by atoms with Crippen molar-refractivity contribution in [3.05, 3.63) is 34.8 Å². The van der Waals surface area contributed by atoms with Crippen LogP contribution in [0.3, 0.4) is 0 Å². The number of anilines is 3. The van der Waals surface area contributed by atoms with Crippen LogP contribution >= 0.6 is 15.9 Å². The predicted molar refractivity (Wildman–Crippen MR) is 101 cm³/mol. The van der Waals surface area contributed by atoms with E-state index in [-0.39, 0.29) is 5.82 Å². The van der Waals surface area contributed by atoms with Crippen LogP contribution in [-0.2, 0) is 4.74 Å². The number of pyridine rings is 1. The monoisotopic (exact) mass is 422 g/mol. The second-order valence-corrected chi connectivity index (χ2v) is 7.16. The van der Waals surface area contributed by atoms with E-state index in [2.05, 4.69) is 35.7 Å². The molecule has 0 aliphatic carbocycles. The van der Waals surface area contributed by atoms with Crippen LogP contribution in [0.5, 0.6) is 0 Å². The molecule has 0 amide bonds. The maximum absolute atomic E-state index is 14.1. The molecule has 2 aliphatic heterocycles. The van der Waals surface area contributed by atoms with Crippen molar-refractivity contribution in [2.24, 2.45) is 0 Å². The first-order valence-corrected chi connectivity index (χ1v) is 9.47. The molecule has 2 aromatic rings. The average molecular weight is 423 g/mol. The SMILES string of the molecule is Fc1cc(Br)cnc1N1CCN(c2ccnc(N3CCOCC3)n2)CC1. The molecule has 0 bridgehead atoms. The number of nitrogens with zero attached hydrogens (tertiary/aromatic N) is 6. The molecular weight excluding hydrogens is 403 g/mol. The van der Waals surface area contributed by atoms with Gasteiger partial charge in [0.25, 0.3) is 0 Å². The second kappa shape index (κ2) is 7.71. The summed E-state index contributed by atoms with van der Waals surface area (Å²) in [6.45, 7) is 5.95. The summed E-state index contributed by atoms with van der Waals surface area (Å²) in [6, 6.07) is 3.38. The molecule has 0 N–H and O–H groups in total. The van der Waals surface area contributed by atoms with E-state index < -0.39 is 0 Å². The fraction of sp³-hybridized carbons (Fsp3) is 0.471. The van der Waals surface area contributed by atoms with Gasteiger partial charge in [0.15, 0.2) is 11.6 Å². The van der Waals surface area contributed by atoms with Gasteiger partial charge in [0.2, 0.25) is 5.95 Å². The second-order valence-electron chi connectivity index (χ2n) is 6.25. The van der Waals surface area contributed by atoms with Gasteiger partial charge in [0, 0.05) is 56.1 Å². The van der Waals surface area contributed by atoms with Crippen molar-refractivity contribution in [1.82, 2.24) is 15.0 Å².